The van der Waals surface area contributed by atoms with Crippen LogP contribution in [-0.4, -0.2) is 29.2 Å². The Morgan fingerprint density at radius 2 is 2.35 bits per heavy atom. The highest BCUT2D eigenvalue weighted by molar-refractivity contribution is 5.79. The fourth-order valence-corrected chi connectivity index (χ4v) is 1.47. The molecular formula is C12H11FN2O5. The lowest BCUT2D eigenvalue weighted by atomic mass is 10.1. The van der Waals surface area contributed by atoms with Gasteiger partial charge in [-0.15, -0.1) is 12.3 Å². The summed E-state index contributed by atoms with van der Waals surface area (Å²) in [5.74, 6) is -0.308. The number of methoxy groups -OCH3 is 1. The van der Waals surface area contributed by atoms with Crippen LogP contribution in [0.15, 0.2) is 12.1 Å². The molecule has 0 amide bonds. The zero-order valence-corrected chi connectivity index (χ0v) is 10.4. The number of anilines is 1. The fraction of sp³-hybridized carbons (Fsp3) is 0.250. The molecule has 1 unspecified atom stereocenters. The van der Waals surface area contributed by atoms with E-state index in [-0.39, 0.29) is 17.9 Å². The normalized spacial score (nSPS) is 11.2. The molecule has 106 valence electrons. The minimum atomic E-state index is -1.28. The van der Waals surface area contributed by atoms with E-state index in [1.54, 1.807) is 0 Å². The second kappa shape index (κ2) is 6.38. The molecule has 0 heterocycles. The molecule has 1 aromatic rings. The summed E-state index contributed by atoms with van der Waals surface area (Å²) in [4.78, 5) is 21.0. The smallest absolute Gasteiger partial charge is 0.327 e. The maximum absolute atomic E-state index is 13.4. The SMILES string of the molecule is C#CCC(Nc1cc(OC)c(F)cc1[N+](=O)[O-])C(=O)O. The maximum Gasteiger partial charge on any atom is 0.327 e. The molecule has 0 fully saturated rings. The van der Waals surface area contributed by atoms with Crippen LogP contribution >= 0.6 is 0 Å². The van der Waals surface area contributed by atoms with Crippen molar-refractivity contribution in [1.29, 1.82) is 0 Å². The van der Waals surface area contributed by atoms with Crippen molar-refractivity contribution in [3.8, 4) is 18.1 Å². The molecule has 8 heteroatoms. The van der Waals surface area contributed by atoms with Crippen LogP contribution in [0.25, 0.3) is 0 Å². The Morgan fingerprint density at radius 3 is 2.80 bits per heavy atom. The highest BCUT2D eigenvalue weighted by atomic mass is 19.1. The number of hydrogen-bond acceptors (Lipinski definition) is 5. The van der Waals surface area contributed by atoms with Gasteiger partial charge >= 0.3 is 5.97 Å². The monoisotopic (exact) mass is 282 g/mol. The van der Waals surface area contributed by atoms with Crippen molar-refractivity contribution < 1.29 is 24.0 Å². The summed E-state index contributed by atoms with van der Waals surface area (Å²) in [6, 6.07) is 0.435. The van der Waals surface area contributed by atoms with Crippen LogP contribution in [0.1, 0.15) is 6.42 Å². The van der Waals surface area contributed by atoms with E-state index in [0.717, 1.165) is 6.07 Å². The Hall–Kier alpha value is -2.82. The number of hydrogen-bond donors (Lipinski definition) is 2. The quantitative estimate of drug-likeness (QED) is 0.467. The van der Waals surface area contributed by atoms with Crippen LogP contribution in [0.5, 0.6) is 5.75 Å². The highest BCUT2D eigenvalue weighted by Crippen LogP contribution is 2.32. The van der Waals surface area contributed by atoms with Gasteiger partial charge in [-0.3, -0.25) is 10.1 Å². The standard InChI is InChI=1S/C12H11FN2O5/c1-3-4-8(12(16)17)14-9-6-11(20-2)7(13)5-10(9)15(18)19/h1,5-6,8,14H,4H2,2H3,(H,16,17). The number of carboxylic acid groups (broad SMARTS) is 1. The molecule has 0 aliphatic carbocycles. The van der Waals surface area contributed by atoms with Crippen LogP contribution in [0.4, 0.5) is 15.8 Å². The molecule has 0 aliphatic rings. The number of carboxylic acids is 1. The first kappa shape index (κ1) is 15.2. The number of nitro groups is 1. The fourth-order valence-electron chi connectivity index (χ4n) is 1.47. The maximum atomic E-state index is 13.4. The summed E-state index contributed by atoms with van der Waals surface area (Å²) in [6.07, 6.45) is 4.84. The van der Waals surface area contributed by atoms with Gasteiger partial charge in [0.15, 0.2) is 11.6 Å². The molecule has 0 spiro atoms. The Labute approximate surface area is 113 Å². The van der Waals surface area contributed by atoms with Gasteiger partial charge in [-0.05, 0) is 0 Å². The van der Waals surface area contributed by atoms with E-state index in [2.05, 4.69) is 11.2 Å². The van der Waals surface area contributed by atoms with Gasteiger partial charge in [0.2, 0.25) is 0 Å². The van der Waals surface area contributed by atoms with Crippen molar-refractivity contribution in [2.24, 2.45) is 0 Å². The number of terminal acetylenes is 1. The number of nitrogens with one attached hydrogen (secondary N) is 1. The lowest BCUT2D eigenvalue weighted by Gasteiger charge is -2.14. The van der Waals surface area contributed by atoms with Crippen molar-refractivity contribution in [2.75, 3.05) is 12.4 Å². The second-order valence-electron chi connectivity index (χ2n) is 3.70. The summed E-state index contributed by atoms with van der Waals surface area (Å²) < 4.78 is 18.1. The molecule has 0 saturated carbocycles. The molecule has 0 radical (unpaired) electrons. The predicted octanol–water partition coefficient (Wildman–Crippen LogP) is 1.63. The van der Waals surface area contributed by atoms with Gasteiger partial charge in [0.25, 0.3) is 5.69 Å². The molecule has 0 bridgehead atoms. The van der Waals surface area contributed by atoms with Crippen molar-refractivity contribution in [3.05, 3.63) is 28.1 Å². The van der Waals surface area contributed by atoms with Crippen LogP contribution in [0, 0.1) is 28.3 Å². The van der Waals surface area contributed by atoms with E-state index >= 15 is 0 Å². The Morgan fingerprint density at radius 1 is 1.70 bits per heavy atom. The van der Waals surface area contributed by atoms with Crippen LogP contribution in [0.2, 0.25) is 0 Å². The third-order valence-electron chi connectivity index (χ3n) is 2.42. The summed E-state index contributed by atoms with van der Waals surface area (Å²) in [7, 11) is 1.18. The molecule has 0 aliphatic heterocycles. The Balaban J connectivity index is 3.24. The number of benzene rings is 1. The Kier molecular flexibility index (Phi) is 4.86. The zero-order valence-electron chi connectivity index (χ0n) is 10.4. The highest BCUT2D eigenvalue weighted by Gasteiger charge is 2.24. The second-order valence-corrected chi connectivity index (χ2v) is 3.70. The van der Waals surface area contributed by atoms with E-state index in [1.165, 1.54) is 7.11 Å². The van der Waals surface area contributed by atoms with E-state index in [1.807, 2.05) is 0 Å². The average molecular weight is 282 g/mol. The van der Waals surface area contributed by atoms with Gasteiger partial charge in [0, 0.05) is 12.5 Å². The minimum Gasteiger partial charge on any atom is -0.494 e. The molecule has 7 nitrogen and oxygen atoms in total. The third-order valence-corrected chi connectivity index (χ3v) is 2.42. The number of aliphatic carboxylic acids is 1. The van der Waals surface area contributed by atoms with Crippen LogP contribution < -0.4 is 10.1 Å². The number of nitrogens with zero attached hydrogens (tertiary/aromatic N) is 1. The van der Waals surface area contributed by atoms with Gasteiger partial charge in [-0.2, -0.15) is 0 Å². The zero-order chi connectivity index (χ0) is 15.3. The van der Waals surface area contributed by atoms with E-state index in [4.69, 9.17) is 16.3 Å². The van der Waals surface area contributed by atoms with E-state index in [0.29, 0.717) is 6.07 Å². The van der Waals surface area contributed by atoms with Crippen molar-refractivity contribution >= 4 is 17.3 Å². The van der Waals surface area contributed by atoms with Gasteiger partial charge in [-0.25, -0.2) is 9.18 Å². The van der Waals surface area contributed by atoms with Crippen molar-refractivity contribution in [2.45, 2.75) is 12.5 Å². The molecular weight excluding hydrogens is 271 g/mol. The summed E-state index contributed by atoms with van der Waals surface area (Å²) in [5.41, 5.74) is -0.789. The van der Waals surface area contributed by atoms with Crippen molar-refractivity contribution in [1.82, 2.24) is 0 Å². The first-order chi connectivity index (χ1) is 9.40. The average Bonchev–Trinajstić information content (AvgIpc) is 2.39. The topological polar surface area (TPSA) is 102 Å². The first-order valence-electron chi connectivity index (χ1n) is 5.35. The number of nitro benzene ring substituents is 1. The molecule has 1 rings (SSSR count). The minimum absolute atomic E-state index is 0.184. The molecule has 2 N–H and O–H groups in total. The van der Waals surface area contributed by atoms with Gasteiger partial charge in [-0.1, -0.05) is 0 Å². The number of rotatable bonds is 6. The van der Waals surface area contributed by atoms with Gasteiger partial charge < -0.3 is 15.2 Å². The largest absolute Gasteiger partial charge is 0.494 e. The molecule has 0 aromatic heterocycles. The van der Waals surface area contributed by atoms with Crippen molar-refractivity contribution in [3.63, 3.8) is 0 Å². The van der Waals surface area contributed by atoms with Crippen LogP contribution in [-0.2, 0) is 4.79 Å². The Bertz CT molecular complexity index is 582. The van der Waals surface area contributed by atoms with E-state index < -0.39 is 28.4 Å². The van der Waals surface area contributed by atoms with Crippen LogP contribution in [0.3, 0.4) is 0 Å². The molecule has 0 saturated heterocycles. The summed E-state index contributed by atoms with van der Waals surface area (Å²) in [5, 5.41) is 22.2. The molecule has 1 atom stereocenters. The van der Waals surface area contributed by atoms with Gasteiger partial charge in [0.05, 0.1) is 18.1 Å². The summed E-state index contributed by atoms with van der Waals surface area (Å²) >= 11 is 0. The summed E-state index contributed by atoms with van der Waals surface area (Å²) in [6.45, 7) is 0. The predicted molar refractivity (Wildman–Crippen MR) is 68.1 cm³/mol. The number of halogens is 1. The number of carbonyl (C=O) groups is 1. The molecule has 1 aromatic carbocycles. The lowest BCUT2D eigenvalue weighted by Crippen LogP contribution is -2.29. The molecule has 20 heavy (non-hydrogen) atoms. The first-order valence-corrected chi connectivity index (χ1v) is 5.35. The third kappa shape index (κ3) is 3.35. The lowest BCUT2D eigenvalue weighted by molar-refractivity contribution is -0.384. The number of ether oxygens (including phenoxy) is 1. The van der Waals surface area contributed by atoms with Gasteiger partial charge in [0.1, 0.15) is 11.7 Å². The van der Waals surface area contributed by atoms with E-state index in [9.17, 15) is 19.3 Å².